The Labute approximate surface area is 148 Å². The second-order valence-corrected chi connectivity index (χ2v) is 7.81. The van der Waals surface area contributed by atoms with Gasteiger partial charge in [0.25, 0.3) is 0 Å². The van der Waals surface area contributed by atoms with Crippen LogP contribution in [-0.4, -0.2) is 23.3 Å². The first-order valence-electron chi connectivity index (χ1n) is 7.10. The fraction of sp³-hybridized carbons (Fsp3) is 0.235. The van der Waals surface area contributed by atoms with Gasteiger partial charge in [0, 0.05) is 20.9 Å². The van der Waals surface area contributed by atoms with Gasteiger partial charge in [-0.05, 0) is 66.4 Å². The van der Waals surface area contributed by atoms with Crippen LogP contribution in [0, 0.1) is 6.92 Å². The van der Waals surface area contributed by atoms with E-state index in [1.54, 1.807) is 35.0 Å². The van der Waals surface area contributed by atoms with E-state index in [1.807, 2.05) is 0 Å². The summed E-state index contributed by atoms with van der Waals surface area (Å²) in [6, 6.07) is 10.6. The fourth-order valence-electron chi connectivity index (χ4n) is 2.45. The molecule has 0 aliphatic carbocycles. The molecule has 0 aliphatic rings. The third-order valence-corrected chi connectivity index (χ3v) is 6.58. The normalized spacial score (nSPS) is 11.1. The molecule has 0 N–H and O–H groups in total. The van der Waals surface area contributed by atoms with Crippen molar-refractivity contribution in [1.29, 1.82) is 0 Å². The molecule has 0 bridgehead atoms. The molecule has 3 aromatic rings. The maximum atomic E-state index is 11.7. The molecule has 0 amide bonds. The molecule has 0 unspecified atom stereocenters. The third kappa shape index (κ3) is 3.29. The first-order valence-corrected chi connectivity index (χ1v) is 9.98. The number of aromatic nitrogens is 1. The summed E-state index contributed by atoms with van der Waals surface area (Å²) in [5, 5.41) is 3.21. The lowest BCUT2D eigenvalue weighted by Crippen LogP contribution is -2.05. The molecule has 0 spiro atoms. The van der Waals surface area contributed by atoms with Crippen molar-refractivity contribution in [3.63, 3.8) is 0 Å². The van der Waals surface area contributed by atoms with E-state index >= 15 is 0 Å². The van der Waals surface area contributed by atoms with Crippen molar-refractivity contribution in [2.24, 2.45) is 0 Å². The Balaban J connectivity index is 1.98. The van der Waals surface area contributed by atoms with E-state index in [1.165, 1.54) is 21.7 Å². The number of hydrogen-bond donors (Lipinski definition) is 0. The van der Waals surface area contributed by atoms with Gasteiger partial charge in [-0.2, -0.15) is 0 Å². The van der Waals surface area contributed by atoms with Gasteiger partial charge < -0.3 is 4.74 Å². The van der Waals surface area contributed by atoms with Gasteiger partial charge in [0.2, 0.25) is 0 Å². The molecular formula is C17H17NO2S3. The lowest BCUT2D eigenvalue weighted by molar-refractivity contribution is -0.139. The highest BCUT2D eigenvalue weighted by molar-refractivity contribution is 7.98. The zero-order valence-electron chi connectivity index (χ0n) is 13.2. The average molecular weight is 364 g/mol. The zero-order valence-corrected chi connectivity index (χ0v) is 15.6. The largest absolute Gasteiger partial charge is 0.469 e. The van der Waals surface area contributed by atoms with Crippen molar-refractivity contribution in [3.8, 4) is 0 Å². The maximum absolute atomic E-state index is 11.7. The molecule has 3 rings (SSSR count). The van der Waals surface area contributed by atoms with Gasteiger partial charge in [-0.3, -0.25) is 8.77 Å². The van der Waals surface area contributed by atoms with Crippen LogP contribution < -0.4 is 0 Å². The van der Waals surface area contributed by atoms with Crippen LogP contribution in [0.3, 0.4) is 0 Å². The Morgan fingerprint density at radius 1 is 1.22 bits per heavy atom. The summed E-state index contributed by atoms with van der Waals surface area (Å²) in [6.45, 7) is 2.06. The minimum Gasteiger partial charge on any atom is -0.469 e. The highest BCUT2D eigenvalue weighted by atomic mass is 32.2. The molecule has 2 heterocycles. The molecule has 0 saturated heterocycles. The molecular weight excluding hydrogens is 346 g/mol. The van der Waals surface area contributed by atoms with E-state index in [2.05, 4.69) is 52.9 Å². The van der Waals surface area contributed by atoms with Gasteiger partial charge in [-0.25, -0.2) is 0 Å². The van der Waals surface area contributed by atoms with Crippen LogP contribution in [0.25, 0.3) is 10.2 Å². The van der Waals surface area contributed by atoms with Crippen LogP contribution in [0.1, 0.15) is 11.3 Å². The van der Waals surface area contributed by atoms with Crippen molar-refractivity contribution < 1.29 is 9.53 Å². The molecule has 120 valence electrons. The Morgan fingerprint density at radius 3 is 2.57 bits per heavy atom. The minimum atomic E-state index is -0.201. The van der Waals surface area contributed by atoms with Gasteiger partial charge in [0.15, 0.2) is 0 Å². The lowest BCUT2D eigenvalue weighted by Gasteiger charge is -2.08. The van der Waals surface area contributed by atoms with Crippen molar-refractivity contribution >= 4 is 51.2 Å². The average Bonchev–Trinajstić information content (AvgIpc) is 3.13. The first kappa shape index (κ1) is 16.5. The molecule has 6 heteroatoms. The Kier molecular flexibility index (Phi) is 5.04. The summed E-state index contributed by atoms with van der Waals surface area (Å²) in [5.41, 5.74) is 2.16. The van der Waals surface area contributed by atoms with Crippen LogP contribution in [0.15, 0.2) is 45.5 Å². The van der Waals surface area contributed by atoms with Gasteiger partial charge in [0.1, 0.15) is 4.83 Å². The summed E-state index contributed by atoms with van der Waals surface area (Å²) in [5.74, 6) is -0.201. The molecule has 0 atom stereocenters. The third-order valence-electron chi connectivity index (χ3n) is 3.70. The summed E-state index contributed by atoms with van der Waals surface area (Å²) >= 11 is 5.12. The van der Waals surface area contributed by atoms with Gasteiger partial charge >= 0.3 is 5.97 Å². The van der Waals surface area contributed by atoms with E-state index in [4.69, 9.17) is 4.74 Å². The van der Waals surface area contributed by atoms with E-state index in [0.29, 0.717) is 6.42 Å². The Bertz CT molecular complexity index is 834. The predicted molar refractivity (Wildman–Crippen MR) is 99.8 cm³/mol. The maximum Gasteiger partial charge on any atom is 0.310 e. The number of ether oxygens (including phenoxy) is 1. The monoisotopic (exact) mass is 363 g/mol. The lowest BCUT2D eigenvalue weighted by atomic mass is 10.1. The minimum absolute atomic E-state index is 0.201. The summed E-state index contributed by atoms with van der Waals surface area (Å²) in [7, 11) is 1.43. The van der Waals surface area contributed by atoms with Gasteiger partial charge in [0.05, 0.1) is 13.5 Å². The van der Waals surface area contributed by atoms with Gasteiger partial charge in [-0.1, -0.05) is 0 Å². The number of thiophene rings is 1. The Morgan fingerprint density at radius 2 is 1.91 bits per heavy atom. The second-order valence-electron chi connectivity index (χ2n) is 5.02. The number of nitrogens with zero attached hydrogens (tertiary/aromatic N) is 1. The first-order chi connectivity index (χ1) is 11.1. The number of rotatable bonds is 5. The molecule has 0 aliphatic heterocycles. The van der Waals surface area contributed by atoms with E-state index < -0.39 is 0 Å². The standard InChI is InChI=1S/C17H17NO2S3/c1-11-15(10-16(19)20-2)14-8-9-22-17(14)18(11)23-13-6-4-12(21-3)5-7-13/h4-9H,10H2,1-3H3. The quantitative estimate of drug-likeness (QED) is 0.471. The van der Waals surface area contributed by atoms with Crippen molar-refractivity contribution in [2.75, 3.05) is 13.4 Å². The number of carbonyl (C=O) groups is 1. The van der Waals surface area contributed by atoms with Crippen molar-refractivity contribution in [1.82, 2.24) is 3.97 Å². The molecule has 0 fully saturated rings. The van der Waals surface area contributed by atoms with Gasteiger partial charge in [-0.15, -0.1) is 23.1 Å². The van der Waals surface area contributed by atoms with E-state index in [9.17, 15) is 4.79 Å². The van der Waals surface area contributed by atoms with Crippen LogP contribution in [0.2, 0.25) is 0 Å². The molecule has 3 nitrogen and oxygen atoms in total. The van der Waals surface area contributed by atoms with E-state index in [0.717, 1.165) is 16.6 Å². The van der Waals surface area contributed by atoms with Crippen molar-refractivity contribution in [3.05, 3.63) is 47.0 Å². The zero-order chi connectivity index (χ0) is 16.4. The predicted octanol–water partition coefficient (Wildman–Crippen LogP) is 5.00. The molecule has 23 heavy (non-hydrogen) atoms. The summed E-state index contributed by atoms with van der Waals surface area (Å²) in [4.78, 5) is 15.3. The number of thioether (sulfide) groups is 1. The molecule has 0 radical (unpaired) electrons. The summed E-state index contributed by atoms with van der Waals surface area (Å²) < 4.78 is 7.05. The fourth-order valence-corrected chi connectivity index (χ4v) is 4.88. The van der Waals surface area contributed by atoms with E-state index in [-0.39, 0.29) is 5.97 Å². The topological polar surface area (TPSA) is 31.2 Å². The molecule has 2 aromatic heterocycles. The number of hydrogen-bond acceptors (Lipinski definition) is 5. The van der Waals surface area contributed by atoms with Crippen LogP contribution >= 0.6 is 35.0 Å². The number of fused-ring (bicyclic) bond motifs is 1. The van der Waals surface area contributed by atoms with Crippen LogP contribution in [-0.2, 0) is 16.0 Å². The van der Waals surface area contributed by atoms with Crippen LogP contribution in [0.4, 0.5) is 0 Å². The second kappa shape index (κ2) is 7.03. The molecule has 0 saturated carbocycles. The number of benzene rings is 1. The van der Waals surface area contributed by atoms with Crippen LogP contribution in [0.5, 0.6) is 0 Å². The number of carbonyl (C=O) groups excluding carboxylic acids is 1. The highest BCUT2D eigenvalue weighted by Gasteiger charge is 2.18. The number of esters is 1. The Hall–Kier alpha value is -1.37. The summed E-state index contributed by atoms with van der Waals surface area (Å²) in [6.07, 6.45) is 2.39. The molecule has 1 aromatic carbocycles. The highest BCUT2D eigenvalue weighted by Crippen LogP contribution is 2.36. The number of methoxy groups -OCH3 is 1. The smallest absolute Gasteiger partial charge is 0.310 e. The van der Waals surface area contributed by atoms with Crippen molar-refractivity contribution in [2.45, 2.75) is 23.1 Å². The SMILES string of the molecule is COC(=O)Cc1c(C)n(Sc2ccc(SC)cc2)c2sccc12.